The highest BCUT2D eigenvalue weighted by Gasteiger charge is 2.11. The third-order valence-electron chi connectivity index (χ3n) is 3.58. The van der Waals surface area contributed by atoms with Crippen molar-refractivity contribution in [1.29, 1.82) is 0 Å². The number of ether oxygens (including phenoxy) is 1. The molecule has 0 aromatic heterocycles. The molecule has 0 N–H and O–H groups in total. The second-order valence-corrected chi connectivity index (χ2v) is 5.21. The van der Waals surface area contributed by atoms with E-state index in [-0.39, 0.29) is 10.6 Å². The molecular formula is C20H20N2O3. The van der Waals surface area contributed by atoms with Crippen molar-refractivity contribution in [2.45, 2.75) is 6.42 Å². The zero-order chi connectivity index (χ0) is 18.1. The summed E-state index contributed by atoms with van der Waals surface area (Å²) in [7, 11) is 1.61. The average molecular weight is 336 g/mol. The Kier molecular flexibility index (Phi) is 6.65. The summed E-state index contributed by atoms with van der Waals surface area (Å²) in [5, 5.41) is 11.1. The topological polar surface area (TPSA) is 64.7 Å². The lowest BCUT2D eigenvalue weighted by Crippen LogP contribution is -2.02. The molecular weight excluding hydrogens is 316 g/mol. The van der Waals surface area contributed by atoms with Gasteiger partial charge in [0.05, 0.1) is 24.3 Å². The van der Waals surface area contributed by atoms with Crippen LogP contribution in [0.1, 0.15) is 11.1 Å². The normalized spacial score (nSPS) is 11.5. The van der Waals surface area contributed by atoms with Crippen molar-refractivity contribution in [3.63, 3.8) is 0 Å². The SMILES string of the molecule is C=CCN=C(/C=C\Cc1ccccc1[N+](=O)[O-])c1ccccc1OC. The van der Waals surface area contributed by atoms with E-state index in [9.17, 15) is 10.1 Å². The van der Waals surface area contributed by atoms with Crippen molar-refractivity contribution in [2.75, 3.05) is 13.7 Å². The maximum atomic E-state index is 11.1. The Morgan fingerprint density at radius 1 is 1.24 bits per heavy atom. The summed E-state index contributed by atoms with van der Waals surface area (Å²) in [5.74, 6) is 0.723. The molecule has 5 nitrogen and oxygen atoms in total. The molecule has 0 bridgehead atoms. The van der Waals surface area contributed by atoms with Crippen LogP contribution in [0.15, 0.2) is 78.3 Å². The Balaban J connectivity index is 2.28. The van der Waals surface area contributed by atoms with Crippen molar-refractivity contribution in [1.82, 2.24) is 0 Å². The van der Waals surface area contributed by atoms with E-state index in [1.165, 1.54) is 6.07 Å². The van der Waals surface area contributed by atoms with Crippen LogP contribution in [0.4, 0.5) is 5.69 Å². The molecule has 0 radical (unpaired) electrons. The van der Waals surface area contributed by atoms with E-state index in [0.29, 0.717) is 18.5 Å². The van der Waals surface area contributed by atoms with Crippen molar-refractivity contribution >= 4 is 11.4 Å². The van der Waals surface area contributed by atoms with Gasteiger partial charge in [-0.25, -0.2) is 0 Å². The van der Waals surface area contributed by atoms with Gasteiger partial charge in [0.25, 0.3) is 5.69 Å². The van der Waals surface area contributed by atoms with Gasteiger partial charge in [-0.3, -0.25) is 15.1 Å². The highest BCUT2D eigenvalue weighted by atomic mass is 16.6. The lowest BCUT2D eigenvalue weighted by atomic mass is 10.1. The minimum Gasteiger partial charge on any atom is -0.496 e. The summed E-state index contributed by atoms with van der Waals surface area (Å²) in [6.07, 6.45) is 5.89. The third-order valence-corrected chi connectivity index (χ3v) is 3.58. The molecule has 0 heterocycles. The van der Waals surface area contributed by atoms with Crippen LogP contribution in [0.2, 0.25) is 0 Å². The molecule has 0 saturated heterocycles. The summed E-state index contributed by atoms with van der Waals surface area (Å²) in [5.41, 5.74) is 2.39. The first kappa shape index (κ1) is 18.1. The van der Waals surface area contributed by atoms with Gasteiger partial charge < -0.3 is 4.74 Å². The number of hydrogen-bond donors (Lipinski definition) is 0. The summed E-state index contributed by atoms with van der Waals surface area (Å²) < 4.78 is 5.39. The van der Waals surface area contributed by atoms with Gasteiger partial charge in [0, 0.05) is 17.2 Å². The van der Waals surface area contributed by atoms with Gasteiger partial charge >= 0.3 is 0 Å². The maximum Gasteiger partial charge on any atom is 0.272 e. The molecule has 2 aromatic carbocycles. The molecule has 5 heteroatoms. The molecule has 25 heavy (non-hydrogen) atoms. The number of hydrogen-bond acceptors (Lipinski definition) is 4. The van der Waals surface area contributed by atoms with E-state index in [4.69, 9.17) is 4.74 Å². The van der Waals surface area contributed by atoms with Crippen LogP contribution in [-0.2, 0) is 6.42 Å². The van der Waals surface area contributed by atoms with Crippen LogP contribution in [-0.4, -0.2) is 24.3 Å². The predicted molar refractivity (Wildman–Crippen MR) is 101 cm³/mol. The molecule has 128 valence electrons. The molecule has 0 spiro atoms. The van der Waals surface area contributed by atoms with E-state index in [0.717, 1.165) is 17.0 Å². The number of para-hydroxylation sites is 2. The second-order valence-electron chi connectivity index (χ2n) is 5.21. The summed E-state index contributed by atoms with van der Waals surface area (Å²) >= 11 is 0. The minimum atomic E-state index is -0.365. The van der Waals surface area contributed by atoms with Crippen LogP contribution < -0.4 is 4.74 Å². The fraction of sp³-hybridized carbons (Fsp3) is 0.150. The van der Waals surface area contributed by atoms with Gasteiger partial charge in [0.2, 0.25) is 0 Å². The number of nitro benzene ring substituents is 1. The first-order valence-electron chi connectivity index (χ1n) is 7.85. The smallest absolute Gasteiger partial charge is 0.272 e. The summed E-state index contributed by atoms with van der Waals surface area (Å²) in [4.78, 5) is 15.2. The van der Waals surface area contributed by atoms with E-state index in [2.05, 4.69) is 11.6 Å². The lowest BCUT2D eigenvalue weighted by molar-refractivity contribution is -0.385. The number of allylic oxidation sites excluding steroid dienone is 2. The predicted octanol–water partition coefficient (Wildman–Crippen LogP) is 4.38. The van der Waals surface area contributed by atoms with Crippen LogP contribution in [0.5, 0.6) is 5.75 Å². The first-order valence-corrected chi connectivity index (χ1v) is 7.85. The molecule has 0 saturated carbocycles. The monoisotopic (exact) mass is 336 g/mol. The zero-order valence-corrected chi connectivity index (χ0v) is 14.1. The third kappa shape index (κ3) is 4.88. The van der Waals surface area contributed by atoms with Gasteiger partial charge in [0.1, 0.15) is 5.75 Å². The molecule has 0 aliphatic rings. The molecule has 2 aromatic rings. The number of methoxy groups -OCH3 is 1. The van der Waals surface area contributed by atoms with Crippen LogP contribution in [0, 0.1) is 10.1 Å². The van der Waals surface area contributed by atoms with E-state index in [1.807, 2.05) is 36.4 Å². The lowest BCUT2D eigenvalue weighted by Gasteiger charge is -2.08. The Labute approximate surface area is 147 Å². The van der Waals surface area contributed by atoms with Crippen LogP contribution in [0.3, 0.4) is 0 Å². The quantitative estimate of drug-likeness (QED) is 0.311. The van der Waals surface area contributed by atoms with E-state index < -0.39 is 0 Å². The Morgan fingerprint density at radius 3 is 2.68 bits per heavy atom. The molecule has 0 unspecified atom stereocenters. The molecule has 0 aliphatic heterocycles. The van der Waals surface area contributed by atoms with Gasteiger partial charge in [-0.2, -0.15) is 0 Å². The largest absolute Gasteiger partial charge is 0.496 e. The van der Waals surface area contributed by atoms with Gasteiger partial charge in [-0.05, 0) is 24.6 Å². The zero-order valence-electron chi connectivity index (χ0n) is 14.1. The van der Waals surface area contributed by atoms with Gasteiger partial charge in [-0.15, -0.1) is 6.58 Å². The molecule has 0 aliphatic carbocycles. The Hall–Kier alpha value is -3.21. The second kappa shape index (κ2) is 9.17. The number of nitro groups is 1. The number of nitrogens with zero attached hydrogens (tertiary/aromatic N) is 2. The highest BCUT2D eigenvalue weighted by Crippen LogP contribution is 2.21. The highest BCUT2D eigenvalue weighted by molar-refractivity contribution is 6.10. The van der Waals surface area contributed by atoms with Crippen LogP contribution >= 0.6 is 0 Å². The maximum absolute atomic E-state index is 11.1. The number of rotatable bonds is 8. The fourth-order valence-corrected chi connectivity index (χ4v) is 2.41. The first-order chi connectivity index (χ1) is 12.2. The van der Waals surface area contributed by atoms with Crippen molar-refractivity contribution in [2.24, 2.45) is 4.99 Å². The number of aliphatic imine (C=N–C) groups is 1. The number of benzene rings is 2. The molecule has 2 rings (SSSR count). The van der Waals surface area contributed by atoms with Gasteiger partial charge in [0.15, 0.2) is 0 Å². The molecule has 0 amide bonds. The summed E-state index contributed by atoms with van der Waals surface area (Å²) in [6.45, 7) is 4.17. The average Bonchev–Trinajstić information content (AvgIpc) is 2.64. The van der Waals surface area contributed by atoms with E-state index >= 15 is 0 Å². The summed E-state index contributed by atoms with van der Waals surface area (Å²) in [6, 6.07) is 14.3. The minimum absolute atomic E-state index is 0.119. The Morgan fingerprint density at radius 2 is 1.96 bits per heavy atom. The molecule has 0 atom stereocenters. The molecule has 0 fully saturated rings. The van der Waals surface area contributed by atoms with Gasteiger partial charge in [-0.1, -0.05) is 42.5 Å². The van der Waals surface area contributed by atoms with Crippen molar-refractivity contribution in [3.8, 4) is 5.75 Å². The van der Waals surface area contributed by atoms with Crippen LogP contribution in [0.25, 0.3) is 0 Å². The standard InChI is InChI=1S/C20H20N2O3/c1-3-15-21-18(17-11-5-7-14-20(17)25-2)12-8-10-16-9-4-6-13-19(16)22(23)24/h3-9,11-14H,1,10,15H2,2H3/b12-8-,21-18?. The Bertz CT molecular complexity index is 810. The van der Waals surface area contributed by atoms with E-state index in [1.54, 1.807) is 31.4 Å². The van der Waals surface area contributed by atoms with Crippen molar-refractivity contribution < 1.29 is 9.66 Å². The fourth-order valence-electron chi connectivity index (χ4n) is 2.41. The van der Waals surface area contributed by atoms with Crippen molar-refractivity contribution in [3.05, 3.63) is 94.6 Å².